The van der Waals surface area contributed by atoms with Crippen LogP contribution < -0.4 is 0 Å². The van der Waals surface area contributed by atoms with Crippen molar-refractivity contribution in [1.29, 1.82) is 0 Å². The Balaban J connectivity index is 3.52. The highest BCUT2D eigenvalue weighted by Crippen LogP contribution is 2.15. The van der Waals surface area contributed by atoms with Gasteiger partial charge in [-0.2, -0.15) is 0 Å². The minimum Gasteiger partial charge on any atom is -0.462 e. The number of hydrogen-bond donors (Lipinski definition) is 1. The second kappa shape index (κ2) is 54.4. The summed E-state index contributed by atoms with van der Waals surface area (Å²) in [5.41, 5.74) is 0. The van der Waals surface area contributed by atoms with Crippen molar-refractivity contribution < 1.29 is 24.2 Å². The van der Waals surface area contributed by atoms with E-state index in [1.165, 1.54) is 154 Å². The summed E-state index contributed by atoms with van der Waals surface area (Å²) in [4.78, 5) is 24.5. The molecule has 0 fully saturated rings. The lowest BCUT2D eigenvalue weighted by Crippen LogP contribution is -2.28. The molecule has 0 amide bonds. The predicted octanol–water partition coefficient (Wildman–Crippen LogP) is 18.2. The zero-order valence-electron chi connectivity index (χ0n) is 42.0. The molecule has 0 aromatic carbocycles. The van der Waals surface area contributed by atoms with E-state index < -0.39 is 6.10 Å². The van der Waals surface area contributed by atoms with Crippen molar-refractivity contribution >= 4 is 11.9 Å². The first-order valence-electron chi connectivity index (χ1n) is 27.1. The third-order valence-electron chi connectivity index (χ3n) is 11.7. The first-order valence-corrected chi connectivity index (χ1v) is 27.1. The second-order valence-corrected chi connectivity index (χ2v) is 17.9. The molecule has 0 aliphatic carbocycles. The van der Waals surface area contributed by atoms with Gasteiger partial charge in [0.15, 0.2) is 6.10 Å². The number of rotatable bonds is 49. The number of ether oxygens (including phenoxy) is 2. The van der Waals surface area contributed by atoms with E-state index in [9.17, 15) is 14.7 Å². The Morgan fingerprint density at radius 1 is 0.375 bits per heavy atom. The number of carbonyl (C=O) groups is 2. The van der Waals surface area contributed by atoms with E-state index in [0.717, 1.165) is 77.0 Å². The Hall–Kier alpha value is -2.92. The molecule has 0 aliphatic rings. The summed E-state index contributed by atoms with van der Waals surface area (Å²) in [6, 6.07) is 0. The Morgan fingerprint density at radius 3 is 1.02 bits per heavy atom. The van der Waals surface area contributed by atoms with E-state index in [2.05, 4.69) is 98.9 Å². The molecule has 0 aromatic rings. The average molecular weight is 891 g/mol. The van der Waals surface area contributed by atoms with Crippen LogP contribution in [-0.2, 0) is 19.1 Å². The van der Waals surface area contributed by atoms with Crippen LogP contribution in [0.25, 0.3) is 0 Å². The van der Waals surface area contributed by atoms with Crippen molar-refractivity contribution in [2.75, 3.05) is 13.2 Å². The summed E-state index contributed by atoms with van der Waals surface area (Å²) in [5, 5.41) is 9.65. The summed E-state index contributed by atoms with van der Waals surface area (Å²) in [6.45, 7) is 4.03. The zero-order valence-corrected chi connectivity index (χ0v) is 42.0. The summed E-state index contributed by atoms with van der Waals surface area (Å²) < 4.78 is 10.7. The molecule has 0 saturated heterocycles. The third-order valence-corrected chi connectivity index (χ3v) is 11.7. The van der Waals surface area contributed by atoms with Crippen molar-refractivity contribution in [2.24, 2.45) is 0 Å². The molecular weight excluding hydrogens is 789 g/mol. The van der Waals surface area contributed by atoms with Gasteiger partial charge in [-0.3, -0.25) is 9.59 Å². The maximum atomic E-state index is 12.3. The minimum atomic E-state index is -0.781. The van der Waals surface area contributed by atoms with Crippen molar-refractivity contribution in [3.63, 3.8) is 0 Å². The molecule has 0 aromatic heterocycles. The van der Waals surface area contributed by atoms with Gasteiger partial charge in [-0.15, -0.1) is 0 Å². The number of allylic oxidation sites excluding steroid dienone is 14. The molecule has 0 saturated carbocycles. The standard InChI is InChI=1S/C59H102O5/c1-3-5-7-9-11-13-15-17-19-21-23-25-27-29-31-33-35-37-39-41-43-45-47-49-51-53-58(61)63-56-57(55-60)64-59(62)54-52-50-48-46-44-42-40-38-36-34-32-30-28-26-24-22-20-18-16-14-12-10-8-6-4-2/h6,8,12,14-15,17-18,20-21,23-24,26,30,32,57,60H,3-5,7,9-11,13,16,19,22,25,27-29,31,33-56H2,1-2H3/b8-6-,14-12-,17-15-,20-18-,23-21-,26-24-,32-30-. The SMILES string of the molecule is CC/C=C\C/C=C\C/C=C\C/C=C\C/C=C\CCCCCCCCCCCC(=O)OC(CO)COC(=O)CCCCCCCCCCCCCCC/C=C\C/C=C\CCCCCCC. The quantitative estimate of drug-likeness (QED) is 0.0374. The minimum absolute atomic E-state index is 0.0712. The maximum absolute atomic E-state index is 12.3. The Morgan fingerprint density at radius 2 is 0.672 bits per heavy atom. The average Bonchev–Trinajstić information content (AvgIpc) is 3.30. The molecule has 0 radical (unpaired) electrons. The Bertz CT molecular complexity index is 1190. The monoisotopic (exact) mass is 891 g/mol. The Labute approximate surface area is 396 Å². The van der Waals surface area contributed by atoms with E-state index in [-0.39, 0.29) is 25.2 Å². The van der Waals surface area contributed by atoms with Crippen LogP contribution in [0.1, 0.15) is 258 Å². The summed E-state index contributed by atoms with van der Waals surface area (Å²) >= 11 is 0. The van der Waals surface area contributed by atoms with E-state index >= 15 is 0 Å². The maximum Gasteiger partial charge on any atom is 0.306 e. The number of hydrogen-bond acceptors (Lipinski definition) is 5. The molecule has 0 spiro atoms. The first-order chi connectivity index (χ1) is 31.6. The first kappa shape index (κ1) is 61.1. The number of esters is 2. The van der Waals surface area contributed by atoms with E-state index in [0.29, 0.717) is 12.8 Å². The Kier molecular flexibility index (Phi) is 51.9. The molecule has 368 valence electrons. The number of carbonyl (C=O) groups excluding carboxylic acids is 2. The second-order valence-electron chi connectivity index (χ2n) is 17.9. The zero-order chi connectivity index (χ0) is 46.3. The van der Waals surface area contributed by atoms with Crippen LogP contribution in [-0.4, -0.2) is 36.4 Å². The molecule has 1 atom stereocenters. The number of aliphatic hydroxyl groups is 1. The van der Waals surface area contributed by atoms with Crippen LogP contribution in [0.2, 0.25) is 0 Å². The summed E-state index contributed by atoms with van der Waals surface area (Å²) in [7, 11) is 0. The molecule has 0 bridgehead atoms. The molecule has 5 nitrogen and oxygen atoms in total. The van der Waals surface area contributed by atoms with Crippen LogP contribution in [0.3, 0.4) is 0 Å². The highest BCUT2D eigenvalue weighted by Gasteiger charge is 2.16. The number of unbranched alkanes of at least 4 members (excludes halogenated alkanes) is 27. The van der Waals surface area contributed by atoms with Crippen LogP contribution in [0.4, 0.5) is 0 Å². The normalized spacial score (nSPS) is 12.9. The predicted molar refractivity (Wildman–Crippen MR) is 279 cm³/mol. The fourth-order valence-electron chi connectivity index (χ4n) is 7.61. The molecule has 0 heterocycles. The molecule has 0 aliphatic heterocycles. The highest BCUT2D eigenvalue weighted by atomic mass is 16.6. The van der Waals surface area contributed by atoms with Gasteiger partial charge in [0.2, 0.25) is 0 Å². The van der Waals surface area contributed by atoms with Crippen LogP contribution in [0, 0.1) is 0 Å². The molecule has 1 unspecified atom stereocenters. The summed E-state index contributed by atoms with van der Waals surface area (Å²) in [6.07, 6.45) is 75.4. The van der Waals surface area contributed by atoms with E-state index in [1.807, 2.05) is 0 Å². The molecule has 5 heteroatoms. The third kappa shape index (κ3) is 51.7. The van der Waals surface area contributed by atoms with Crippen molar-refractivity contribution in [2.45, 2.75) is 264 Å². The van der Waals surface area contributed by atoms with Gasteiger partial charge >= 0.3 is 11.9 Å². The highest BCUT2D eigenvalue weighted by molar-refractivity contribution is 5.70. The lowest BCUT2D eigenvalue weighted by atomic mass is 10.0. The lowest BCUT2D eigenvalue weighted by Gasteiger charge is -2.15. The van der Waals surface area contributed by atoms with Gasteiger partial charge in [-0.05, 0) is 89.9 Å². The van der Waals surface area contributed by atoms with Crippen molar-refractivity contribution in [1.82, 2.24) is 0 Å². The van der Waals surface area contributed by atoms with Gasteiger partial charge in [-0.1, -0.05) is 240 Å². The molecule has 0 rings (SSSR count). The smallest absolute Gasteiger partial charge is 0.306 e. The van der Waals surface area contributed by atoms with Crippen LogP contribution >= 0.6 is 0 Å². The topological polar surface area (TPSA) is 72.8 Å². The fourth-order valence-corrected chi connectivity index (χ4v) is 7.61. The van der Waals surface area contributed by atoms with E-state index in [4.69, 9.17) is 9.47 Å². The van der Waals surface area contributed by atoms with Crippen LogP contribution in [0.15, 0.2) is 85.1 Å². The number of aliphatic hydroxyl groups excluding tert-OH is 1. The van der Waals surface area contributed by atoms with Gasteiger partial charge in [0.1, 0.15) is 6.61 Å². The molecule has 1 N–H and O–H groups in total. The molecule has 64 heavy (non-hydrogen) atoms. The summed E-state index contributed by atoms with van der Waals surface area (Å²) in [5.74, 6) is -0.596. The van der Waals surface area contributed by atoms with Gasteiger partial charge < -0.3 is 14.6 Å². The van der Waals surface area contributed by atoms with Gasteiger partial charge in [0.05, 0.1) is 6.61 Å². The molecular formula is C59H102O5. The van der Waals surface area contributed by atoms with E-state index in [1.54, 1.807) is 0 Å². The van der Waals surface area contributed by atoms with Gasteiger partial charge in [0, 0.05) is 12.8 Å². The van der Waals surface area contributed by atoms with Crippen LogP contribution in [0.5, 0.6) is 0 Å². The van der Waals surface area contributed by atoms with Gasteiger partial charge in [-0.25, -0.2) is 0 Å². The lowest BCUT2D eigenvalue weighted by molar-refractivity contribution is -0.161. The fraction of sp³-hybridized carbons (Fsp3) is 0.729. The van der Waals surface area contributed by atoms with Crippen molar-refractivity contribution in [3.8, 4) is 0 Å². The van der Waals surface area contributed by atoms with Crippen molar-refractivity contribution in [3.05, 3.63) is 85.1 Å². The van der Waals surface area contributed by atoms with Gasteiger partial charge in [0.25, 0.3) is 0 Å². The largest absolute Gasteiger partial charge is 0.462 e.